The number of hydrogen-bond donors (Lipinski definition) is 1. The quantitative estimate of drug-likeness (QED) is 0.343. The van der Waals surface area contributed by atoms with Crippen LogP contribution < -0.4 is 4.72 Å². The molecule has 200 valence electrons. The third-order valence-electron chi connectivity index (χ3n) is 6.04. The molecule has 0 spiro atoms. The Bertz CT molecular complexity index is 1060. The molecular weight excluding hydrogens is 493 g/mol. The summed E-state index contributed by atoms with van der Waals surface area (Å²) in [6.45, 7) is 10.3. The van der Waals surface area contributed by atoms with E-state index in [-0.39, 0.29) is 5.56 Å². The molecule has 3 rings (SSSR count). The third-order valence-corrected chi connectivity index (χ3v) is 7.69. The number of esters is 1. The minimum Gasteiger partial charge on any atom is -0.598 e. The molecule has 7 nitrogen and oxygen atoms in total. The number of rotatable bonds is 9. The molecule has 0 amide bonds. The number of carbonyl (C=O) groups excluding carboxylic acids is 1. The zero-order chi connectivity index (χ0) is 27.1. The van der Waals surface area contributed by atoms with Crippen LogP contribution in [0.3, 0.4) is 0 Å². The lowest BCUT2D eigenvalue weighted by Gasteiger charge is -2.41. The van der Waals surface area contributed by atoms with Crippen molar-refractivity contribution in [3.63, 3.8) is 0 Å². The lowest BCUT2D eigenvalue weighted by Crippen LogP contribution is -2.59. The average molecular weight is 529 g/mol. The maximum absolute atomic E-state index is 14.1. The zero-order valence-corrected chi connectivity index (χ0v) is 22.6. The van der Waals surface area contributed by atoms with Gasteiger partial charge in [-0.15, -0.1) is 4.72 Å². The van der Waals surface area contributed by atoms with Crippen LogP contribution in [-0.4, -0.2) is 42.5 Å². The standard InChI is InChI=1S/C25H35F3N4O3S/c1-16(2)35-21(33)24(31-36(34)22(3,4)5,15-23(6,7)25(26,27)28)18-10-8-17(9-11-18)20-14-29-32(30-20)19-12-13-19/h8-11,14,16,19,31H,12-13,15H2,1-7H3. The van der Waals surface area contributed by atoms with E-state index >= 15 is 0 Å². The molecule has 11 heteroatoms. The summed E-state index contributed by atoms with van der Waals surface area (Å²) in [6, 6.07) is 6.78. The summed E-state index contributed by atoms with van der Waals surface area (Å²) >= 11 is -1.88. The molecule has 0 radical (unpaired) electrons. The van der Waals surface area contributed by atoms with Gasteiger partial charge >= 0.3 is 12.1 Å². The molecule has 2 aromatic rings. The Morgan fingerprint density at radius 1 is 1.17 bits per heavy atom. The maximum atomic E-state index is 14.1. The Kier molecular flexibility index (Phi) is 7.89. The number of carbonyl (C=O) groups is 1. The summed E-state index contributed by atoms with van der Waals surface area (Å²) < 4.78 is 62.8. The highest BCUT2D eigenvalue weighted by Gasteiger charge is 2.58. The predicted molar refractivity (Wildman–Crippen MR) is 132 cm³/mol. The van der Waals surface area contributed by atoms with Gasteiger partial charge in [-0.2, -0.15) is 28.2 Å². The van der Waals surface area contributed by atoms with E-state index in [4.69, 9.17) is 4.74 Å². The van der Waals surface area contributed by atoms with Crippen LogP contribution in [0.4, 0.5) is 13.2 Å². The second-order valence-electron chi connectivity index (χ2n) is 11.3. The maximum Gasteiger partial charge on any atom is 0.394 e. The van der Waals surface area contributed by atoms with Crippen LogP contribution in [-0.2, 0) is 26.4 Å². The monoisotopic (exact) mass is 528 g/mol. The first kappa shape index (κ1) is 28.5. The van der Waals surface area contributed by atoms with Crippen molar-refractivity contribution in [3.05, 3.63) is 36.0 Å². The Labute approximate surface area is 213 Å². The first-order valence-electron chi connectivity index (χ1n) is 12.0. The van der Waals surface area contributed by atoms with Crippen molar-refractivity contribution in [2.75, 3.05) is 0 Å². The van der Waals surface area contributed by atoms with Gasteiger partial charge in [0.25, 0.3) is 0 Å². The summed E-state index contributed by atoms with van der Waals surface area (Å²) in [7, 11) is 0. The van der Waals surface area contributed by atoms with Crippen molar-refractivity contribution in [1.82, 2.24) is 19.7 Å². The van der Waals surface area contributed by atoms with E-state index in [1.54, 1.807) is 69.9 Å². The molecule has 1 aliphatic carbocycles. The molecular formula is C25H35F3N4O3S. The Morgan fingerprint density at radius 2 is 1.75 bits per heavy atom. The van der Waals surface area contributed by atoms with Crippen molar-refractivity contribution in [3.8, 4) is 11.3 Å². The molecule has 1 aromatic carbocycles. The van der Waals surface area contributed by atoms with Crippen LogP contribution in [0.5, 0.6) is 0 Å². The topological polar surface area (TPSA) is 92.1 Å². The molecule has 2 unspecified atom stereocenters. The zero-order valence-electron chi connectivity index (χ0n) is 21.8. The third kappa shape index (κ3) is 6.23. The van der Waals surface area contributed by atoms with Crippen LogP contribution in [0.1, 0.15) is 79.3 Å². The fourth-order valence-electron chi connectivity index (χ4n) is 3.63. The summed E-state index contributed by atoms with van der Waals surface area (Å²) in [4.78, 5) is 15.2. The summed E-state index contributed by atoms with van der Waals surface area (Å²) in [6.07, 6.45) is -2.24. The van der Waals surface area contributed by atoms with Gasteiger partial charge in [-0.1, -0.05) is 38.1 Å². The molecule has 1 N–H and O–H groups in total. The largest absolute Gasteiger partial charge is 0.598 e. The molecule has 1 aliphatic rings. The first-order valence-corrected chi connectivity index (χ1v) is 13.1. The van der Waals surface area contributed by atoms with Crippen LogP contribution in [0.25, 0.3) is 11.3 Å². The first-order chi connectivity index (χ1) is 16.5. The van der Waals surface area contributed by atoms with Gasteiger partial charge in [-0.25, -0.2) is 4.79 Å². The number of hydrogen-bond acceptors (Lipinski definition) is 6. The fourth-order valence-corrected chi connectivity index (χ4v) is 4.53. The lowest BCUT2D eigenvalue weighted by molar-refractivity contribution is -0.220. The highest BCUT2D eigenvalue weighted by molar-refractivity contribution is 7.90. The second-order valence-corrected chi connectivity index (χ2v) is 13.2. The SMILES string of the molecule is CC(C)OC(=O)C(CC(C)(C)C(F)(F)F)(N[S+]([O-])C(C)(C)C)c1ccc(-c2cnn(C3CC3)n2)cc1. The molecule has 1 saturated carbocycles. The number of halogens is 3. The van der Waals surface area contributed by atoms with E-state index in [2.05, 4.69) is 14.9 Å². The highest BCUT2D eigenvalue weighted by Crippen LogP contribution is 2.47. The number of benzene rings is 1. The predicted octanol–water partition coefficient (Wildman–Crippen LogP) is 5.46. The Balaban J connectivity index is 2.11. The van der Waals surface area contributed by atoms with Gasteiger partial charge in [0.15, 0.2) is 5.54 Å². The molecule has 0 bridgehead atoms. The highest BCUT2D eigenvalue weighted by atomic mass is 32.2. The van der Waals surface area contributed by atoms with Crippen molar-refractivity contribution >= 4 is 17.3 Å². The number of alkyl halides is 3. The Morgan fingerprint density at radius 3 is 2.22 bits per heavy atom. The molecule has 1 heterocycles. The van der Waals surface area contributed by atoms with E-state index in [1.807, 2.05) is 0 Å². The van der Waals surface area contributed by atoms with Crippen molar-refractivity contribution < 1.29 is 27.3 Å². The van der Waals surface area contributed by atoms with Gasteiger partial charge < -0.3 is 9.29 Å². The molecule has 0 saturated heterocycles. The van der Waals surface area contributed by atoms with Crippen molar-refractivity contribution in [1.29, 1.82) is 0 Å². The van der Waals surface area contributed by atoms with Gasteiger partial charge in [0.2, 0.25) is 0 Å². The molecule has 1 aromatic heterocycles. The minimum absolute atomic E-state index is 0.224. The lowest BCUT2D eigenvalue weighted by atomic mass is 9.74. The van der Waals surface area contributed by atoms with E-state index in [9.17, 15) is 22.5 Å². The van der Waals surface area contributed by atoms with Gasteiger partial charge in [0.05, 0.1) is 23.8 Å². The number of nitrogens with one attached hydrogen (secondary N) is 1. The number of aromatic nitrogens is 3. The summed E-state index contributed by atoms with van der Waals surface area (Å²) in [5.41, 5.74) is -2.79. The van der Waals surface area contributed by atoms with E-state index < -0.39 is 51.7 Å². The second kappa shape index (κ2) is 9.98. The van der Waals surface area contributed by atoms with Gasteiger partial charge in [0, 0.05) is 16.9 Å². The molecule has 0 aliphatic heterocycles. The normalized spacial score (nSPS) is 17.7. The average Bonchev–Trinajstić information content (AvgIpc) is 3.47. The molecule has 1 fully saturated rings. The summed E-state index contributed by atoms with van der Waals surface area (Å²) in [5, 5.41) is 8.76. The van der Waals surface area contributed by atoms with Gasteiger partial charge in [0.1, 0.15) is 10.4 Å². The van der Waals surface area contributed by atoms with Crippen molar-refractivity contribution in [2.45, 2.75) is 96.3 Å². The van der Waals surface area contributed by atoms with E-state index in [0.29, 0.717) is 17.3 Å². The van der Waals surface area contributed by atoms with Gasteiger partial charge in [-0.3, -0.25) is 0 Å². The summed E-state index contributed by atoms with van der Waals surface area (Å²) in [5.74, 6) is -0.917. The number of nitrogens with zero attached hydrogens (tertiary/aromatic N) is 3. The smallest absolute Gasteiger partial charge is 0.394 e. The fraction of sp³-hybridized carbons (Fsp3) is 0.640. The van der Waals surface area contributed by atoms with Crippen LogP contribution in [0.15, 0.2) is 30.5 Å². The van der Waals surface area contributed by atoms with E-state index in [0.717, 1.165) is 26.7 Å². The molecule has 36 heavy (non-hydrogen) atoms. The van der Waals surface area contributed by atoms with E-state index in [1.165, 1.54) is 0 Å². The van der Waals surface area contributed by atoms with Crippen molar-refractivity contribution in [2.24, 2.45) is 5.41 Å². The Hall–Kier alpha value is -2.11. The molecule has 2 atom stereocenters. The number of ether oxygens (including phenoxy) is 1. The van der Waals surface area contributed by atoms with Crippen LogP contribution in [0, 0.1) is 5.41 Å². The van der Waals surface area contributed by atoms with Crippen LogP contribution >= 0.6 is 0 Å². The van der Waals surface area contributed by atoms with Crippen LogP contribution in [0.2, 0.25) is 0 Å². The van der Waals surface area contributed by atoms with Gasteiger partial charge in [-0.05, 0) is 59.4 Å². The minimum atomic E-state index is -4.62.